The molecule has 0 bridgehead atoms. The second-order valence-corrected chi connectivity index (χ2v) is 5.00. The summed E-state index contributed by atoms with van der Waals surface area (Å²) in [6, 6.07) is 0.862. The number of nitrogens with one attached hydrogen (secondary N) is 1. The topological polar surface area (TPSA) is 12.0 Å². The molecule has 1 unspecified atom stereocenters. The Hall–Kier alpha value is -0.0400. The molecule has 70 valence electrons. The van der Waals surface area contributed by atoms with Crippen LogP contribution >= 0.6 is 0 Å². The molecule has 12 heavy (non-hydrogen) atoms. The van der Waals surface area contributed by atoms with Gasteiger partial charge in [-0.05, 0) is 50.0 Å². The Labute approximate surface area is 75.9 Å². The van der Waals surface area contributed by atoms with Crippen LogP contribution in [-0.4, -0.2) is 12.6 Å². The predicted molar refractivity (Wildman–Crippen MR) is 52.1 cm³/mol. The Morgan fingerprint density at radius 3 is 2.50 bits per heavy atom. The van der Waals surface area contributed by atoms with Gasteiger partial charge in [-0.3, -0.25) is 0 Å². The van der Waals surface area contributed by atoms with Crippen LogP contribution in [0.25, 0.3) is 0 Å². The van der Waals surface area contributed by atoms with Gasteiger partial charge in [-0.15, -0.1) is 0 Å². The van der Waals surface area contributed by atoms with Crippen LogP contribution in [0, 0.1) is 17.8 Å². The fraction of sp³-hybridized carbons (Fsp3) is 1.00. The van der Waals surface area contributed by atoms with Crippen molar-refractivity contribution in [2.24, 2.45) is 17.8 Å². The van der Waals surface area contributed by atoms with Crippen LogP contribution < -0.4 is 5.32 Å². The van der Waals surface area contributed by atoms with Crippen molar-refractivity contribution in [1.29, 1.82) is 0 Å². The van der Waals surface area contributed by atoms with E-state index in [2.05, 4.69) is 19.2 Å². The lowest BCUT2D eigenvalue weighted by Gasteiger charge is -2.34. The third kappa shape index (κ3) is 2.01. The number of hydrogen-bond donors (Lipinski definition) is 1. The summed E-state index contributed by atoms with van der Waals surface area (Å²) >= 11 is 0. The highest BCUT2D eigenvalue weighted by Crippen LogP contribution is 2.36. The molecule has 0 saturated heterocycles. The second kappa shape index (κ2) is 3.37. The van der Waals surface area contributed by atoms with E-state index in [1.807, 2.05) is 0 Å². The van der Waals surface area contributed by atoms with E-state index in [0.717, 1.165) is 23.8 Å². The molecule has 1 heteroatoms. The van der Waals surface area contributed by atoms with E-state index in [1.54, 1.807) is 0 Å². The van der Waals surface area contributed by atoms with Gasteiger partial charge in [0.05, 0.1) is 0 Å². The van der Waals surface area contributed by atoms with E-state index >= 15 is 0 Å². The normalized spacial score (nSPS) is 37.5. The van der Waals surface area contributed by atoms with Crippen LogP contribution in [0.4, 0.5) is 0 Å². The Morgan fingerprint density at radius 2 is 2.00 bits per heavy atom. The first kappa shape index (κ1) is 8.55. The Bertz CT molecular complexity index is 145. The van der Waals surface area contributed by atoms with Crippen LogP contribution in [0.5, 0.6) is 0 Å². The summed E-state index contributed by atoms with van der Waals surface area (Å²) in [5, 5.41) is 3.67. The van der Waals surface area contributed by atoms with Crippen LogP contribution in [0.1, 0.15) is 39.5 Å². The summed E-state index contributed by atoms with van der Waals surface area (Å²) in [5.74, 6) is 2.98. The van der Waals surface area contributed by atoms with Crippen LogP contribution in [-0.2, 0) is 0 Å². The highest BCUT2D eigenvalue weighted by Gasteiger charge is 2.30. The zero-order valence-electron chi connectivity index (χ0n) is 8.34. The largest absolute Gasteiger partial charge is 0.314 e. The smallest absolute Gasteiger partial charge is 0.00722 e. The van der Waals surface area contributed by atoms with Gasteiger partial charge in [0.15, 0.2) is 0 Å². The van der Waals surface area contributed by atoms with Crippen molar-refractivity contribution >= 4 is 0 Å². The maximum atomic E-state index is 3.67. The molecule has 1 nitrogen and oxygen atoms in total. The molecule has 0 amide bonds. The van der Waals surface area contributed by atoms with Crippen molar-refractivity contribution in [1.82, 2.24) is 5.32 Å². The number of rotatable bonds is 4. The molecule has 2 aliphatic carbocycles. The van der Waals surface area contributed by atoms with Gasteiger partial charge in [-0.2, -0.15) is 0 Å². The Morgan fingerprint density at radius 1 is 1.33 bits per heavy atom. The predicted octanol–water partition coefficient (Wildman–Crippen LogP) is 2.42. The quantitative estimate of drug-likeness (QED) is 0.678. The highest BCUT2D eigenvalue weighted by molar-refractivity contribution is 4.85. The summed E-state index contributed by atoms with van der Waals surface area (Å²) in [4.78, 5) is 0. The maximum absolute atomic E-state index is 3.67. The fourth-order valence-corrected chi connectivity index (χ4v) is 2.25. The summed E-state index contributed by atoms with van der Waals surface area (Å²) in [7, 11) is 0. The van der Waals surface area contributed by atoms with E-state index in [1.165, 1.54) is 32.2 Å². The van der Waals surface area contributed by atoms with Crippen molar-refractivity contribution in [3.63, 3.8) is 0 Å². The van der Waals surface area contributed by atoms with E-state index in [4.69, 9.17) is 0 Å². The van der Waals surface area contributed by atoms with Gasteiger partial charge < -0.3 is 5.32 Å². The van der Waals surface area contributed by atoms with E-state index in [9.17, 15) is 0 Å². The SMILES string of the molecule is CC1CC(NCC(C)C2CC2)C1. The first-order valence-electron chi connectivity index (χ1n) is 5.49. The molecule has 2 rings (SSSR count). The second-order valence-electron chi connectivity index (χ2n) is 5.00. The fourth-order valence-electron chi connectivity index (χ4n) is 2.25. The monoisotopic (exact) mass is 167 g/mol. The van der Waals surface area contributed by atoms with E-state index in [-0.39, 0.29) is 0 Å². The van der Waals surface area contributed by atoms with Gasteiger partial charge in [-0.1, -0.05) is 13.8 Å². The number of hydrogen-bond acceptors (Lipinski definition) is 1. The molecule has 0 aliphatic heterocycles. The molecule has 1 atom stereocenters. The molecule has 2 aliphatic rings. The molecule has 0 aromatic carbocycles. The van der Waals surface area contributed by atoms with Crippen LogP contribution in [0.15, 0.2) is 0 Å². The molecule has 1 N–H and O–H groups in total. The van der Waals surface area contributed by atoms with Crippen LogP contribution in [0.2, 0.25) is 0 Å². The summed E-state index contributed by atoms with van der Waals surface area (Å²) in [6.45, 7) is 6.01. The molecule has 0 aromatic heterocycles. The molecular weight excluding hydrogens is 146 g/mol. The highest BCUT2D eigenvalue weighted by atomic mass is 14.9. The van der Waals surface area contributed by atoms with Gasteiger partial charge in [0.1, 0.15) is 0 Å². The molecule has 0 spiro atoms. The third-order valence-corrected chi connectivity index (χ3v) is 3.53. The van der Waals surface area contributed by atoms with Gasteiger partial charge in [0.2, 0.25) is 0 Å². The summed E-state index contributed by atoms with van der Waals surface area (Å²) in [6.07, 6.45) is 5.81. The zero-order chi connectivity index (χ0) is 8.55. The lowest BCUT2D eigenvalue weighted by molar-refractivity contribution is 0.230. The summed E-state index contributed by atoms with van der Waals surface area (Å²) in [5.41, 5.74) is 0. The van der Waals surface area contributed by atoms with Crippen molar-refractivity contribution in [3.05, 3.63) is 0 Å². The van der Waals surface area contributed by atoms with Gasteiger partial charge in [-0.25, -0.2) is 0 Å². The van der Waals surface area contributed by atoms with Crippen molar-refractivity contribution < 1.29 is 0 Å². The van der Waals surface area contributed by atoms with Gasteiger partial charge >= 0.3 is 0 Å². The van der Waals surface area contributed by atoms with Crippen molar-refractivity contribution in [2.75, 3.05) is 6.54 Å². The van der Waals surface area contributed by atoms with Gasteiger partial charge in [0, 0.05) is 6.04 Å². The minimum atomic E-state index is 0.862. The van der Waals surface area contributed by atoms with Crippen molar-refractivity contribution in [2.45, 2.75) is 45.6 Å². The van der Waals surface area contributed by atoms with Crippen molar-refractivity contribution in [3.8, 4) is 0 Å². The molecule has 2 fully saturated rings. The minimum Gasteiger partial charge on any atom is -0.314 e. The third-order valence-electron chi connectivity index (χ3n) is 3.53. The maximum Gasteiger partial charge on any atom is 0.00722 e. The Kier molecular flexibility index (Phi) is 2.40. The van der Waals surface area contributed by atoms with Crippen LogP contribution in [0.3, 0.4) is 0 Å². The van der Waals surface area contributed by atoms with Gasteiger partial charge in [0.25, 0.3) is 0 Å². The first-order valence-corrected chi connectivity index (χ1v) is 5.49. The lowest BCUT2D eigenvalue weighted by Crippen LogP contribution is -2.42. The minimum absolute atomic E-state index is 0.862. The Balaban J connectivity index is 1.56. The average molecular weight is 167 g/mol. The zero-order valence-corrected chi connectivity index (χ0v) is 8.34. The molecule has 2 saturated carbocycles. The lowest BCUT2D eigenvalue weighted by atomic mass is 9.81. The van der Waals surface area contributed by atoms with E-state index < -0.39 is 0 Å². The molecule has 0 aromatic rings. The molecule has 0 radical (unpaired) electrons. The molecule has 0 heterocycles. The average Bonchev–Trinajstić information content (AvgIpc) is 2.77. The van der Waals surface area contributed by atoms with E-state index in [0.29, 0.717) is 0 Å². The summed E-state index contributed by atoms with van der Waals surface area (Å²) < 4.78 is 0. The first-order chi connectivity index (χ1) is 5.75. The molecular formula is C11H21N. The standard InChI is InChI=1S/C11H21N/c1-8-5-11(6-8)12-7-9(2)10-3-4-10/h8-12H,3-7H2,1-2H3.